The first-order valence-corrected chi connectivity index (χ1v) is 11.7. The van der Waals surface area contributed by atoms with Gasteiger partial charge in [-0.05, 0) is 42.0 Å². The number of benzene rings is 2. The molecule has 0 unspecified atom stereocenters. The van der Waals surface area contributed by atoms with Crippen LogP contribution in [0.2, 0.25) is 0 Å². The van der Waals surface area contributed by atoms with Crippen molar-refractivity contribution in [2.75, 3.05) is 20.6 Å². The molecule has 0 atom stereocenters. The molecule has 6 heteroatoms. The summed E-state index contributed by atoms with van der Waals surface area (Å²) >= 11 is 0. The van der Waals surface area contributed by atoms with Gasteiger partial charge >= 0.3 is 0 Å². The summed E-state index contributed by atoms with van der Waals surface area (Å²) in [5, 5.41) is 0. The van der Waals surface area contributed by atoms with Crippen LogP contribution in [0.4, 0.5) is 0 Å². The van der Waals surface area contributed by atoms with Crippen LogP contribution in [0.25, 0.3) is 0 Å². The van der Waals surface area contributed by atoms with E-state index in [1.165, 1.54) is 4.31 Å². The van der Waals surface area contributed by atoms with E-state index in [1.807, 2.05) is 29.2 Å². The van der Waals surface area contributed by atoms with E-state index in [2.05, 4.69) is 12.1 Å². The van der Waals surface area contributed by atoms with Gasteiger partial charge in [-0.25, -0.2) is 12.7 Å². The lowest BCUT2D eigenvalue weighted by atomic mass is 9.77. The molecule has 4 rings (SSSR count). The molecule has 1 heterocycles. The smallest absolute Gasteiger partial charge is 0.242 e. The van der Waals surface area contributed by atoms with Crippen LogP contribution >= 0.6 is 0 Å². The van der Waals surface area contributed by atoms with Crippen LogP contribution in [0, 0.1) is 0 Å². The fraction of sp³-hybridized carbons (Fsp3) is 0.435. The van der Waals surface area contributed by atoms with Crippen molar-refractivity contribution < 1.29 is 13.2 Å². The number of nitrogens with zero attached hydrogens (tertiary/aromatic N) is 2. The Bertz CT molecular complexity index is 1010. The summed E-state index contributed by atoms with van der Waals surface area (Å²) in [6, 6.07) is 15.6. The zero-order valence-electron chi connectivity index (χ0n) is 17.1. The Labute approximate surface area is 173 Å². The molecule has 2 aliphatic rings. The monoisotopic (exact) mass is 412 g/mol. The molecule has 1 saturated carbocycles. The average molecular weight is 413 g/mol. The molecule has 0 aromatic heterocycles. The maximum atomic E-state index is 13.7. The van der Waals surface area contributed by atoms with Gasteiger partial charge in [0.2, 0.25) is 15.9 Å². The number of carbonyl (C=O) groups is 1. The van der Waals surface area contributed by atoms with Crippen LogP contribution in [-0.2, 0) is 33.2 Å². The Balaban J connectivity index is 1.66. The molecule has 29 heavy (non-hydrogen) atoms. The van der Waals surface area contributed by atoms with Gasteiger partial charge in [-0.2, -0.15) is 0 Å². The Hall–Kier alpha value is -2.18. The minimum atomic E-state index is -3.50. The first-order valence-electron chi connectivity index (χ1n) is 10.2. The number of amides is 1. The minimum Gasteiger partial charge on any atom is -0.337 e. The average Bonchev–Trinajstić information content (AvgIpc) is 3.24. The maximum Gasteiger partial charge on any atom is 0.242 e. The SMILES string of the molecule is CN(C)S(=O)(=O)c1cccc2c1CCN(C(=O)C1(c3ccccc3)CCCC1)C2. The third-order valence-electron chi connectivity index (χ3n) is 6.46. The van der Waals surface area contributed by atoms with Gasteiger partial charge in [0.05, 0.1) is 10.3 Å². The summed E-state index contributed by atoms with van der Waals surface area (Å²) in [4.78, 5) is 16.0. The Morgan fingerprint density at radius 1 is 1.00 bits per heavy atom. The van der Waals surface area contributed by atoms with Crippen molar-refractivity contribution in [3.05, 3.63) is 65.2 Å². The second-order valence-corrected chi connectivity index (χ2v) is 10.4. The van der Waals surface area contributed by atoms with Crippen LogP contribution < -0.4 is 0 Å². The van der Waals surface area contributed by atoms with Crippen molar-refractivity contribution in [1.82, 2.24) is 9.21 Å². The van der Waals surface area contributed by atoms with Crippen LogP contribution in [-0.4, -0.2) is 44.2 Å². The third kappa shape index (κ3) is 3.38. The Morgan fingerprint density at radius 3 is 2.34 bits per heavy atom. The predicted octanol–water partition coefficient (Wildman–Crippen LogP) is 3.33. The topological polar surface area (TPSA) is 57.7 Å². The highest BCUT2D eigenvalue weighted by atomic mass is 32.2. The first kappa shape index (κ1) is 20.1. The lowest BCUT2D eigenvalue weighted by Gasteiger charge is -2.38. The summed E-state index contributed by atoms with van der Waals surface area (Å²) in [6.45, 7) is 1.03. The van der Waals surface area contributed by atoms with Crippen LogP contribution in [0.1, 0.15) is 42.4 Å². The number of fused-ring (bicyclic) bond motifs is 1. The highest BCUT2D eigenvalue weighted by molar-refractivity contribution is 7.89. The highest BCUT2D eigenvalue weighted by Gasteiger charge is 2.45. The fourth-order valence-electron chi connectivity index (χ4n) is 4.85. The molecule has 0 saturated heterocycles. The quantitative estimate of drug-likeness (QED) is 0.774. The van der Waals surface area contributed by atoms with E-state index in [-0.39, 0.29) is 5.91 Å². The standard InChI is InChI=1S/C23H28N2O3S/c1-24(2)29(27,28)21-12-8-9-18-17-25(16-13-20(18)21)22(26)23(14-6-7-15-23)19-10-4-3-5-11-19/h3-5,8-12H,6-7,13-17H2,1-2H3. The lowest BCUT2D eigenvalue weighted by Crippen LogP contribution is -2.47. The number of hydrogen-bond donors (Lipinski definition) is 0. The van der Waals surface area contributed by atoms with Crippen molar-refractivity contribution in [1.29, 1.82) is 0 Å². The van der Waals surface area contributed by atoms with Gasteiger partial charge in [0.15, 0.2) is 0 Å². The Morgan fingerprint density at radius 2 is 1.69 bits per heavy atom. The highest BCUT2D eigenvalue weighted by Crippen LogP contribution is 2.43. The maximum absolute atomic E-state index is 13.7. The lowest BCUT2D eigenvalue weighted by molar-refractivity contribution is -0.138. The van der Waals surface area contributed by atoms with Crippen molar-refractivity contribution in [2.24, 2.45) is 0 Å². The normalized spacial score (nSPS) is 18.7. The molecule has 1 amide bonds. The molecule has 0 N–H and O–H groups in total. The van der Waals surface area contributed by atoms with E-state index in [0.717, 1.165) is 42.4 Å². The van der Waals surface area contributed by atoms with Gasteiger partial charge in [0, 0.05) is 27.2 Å². The number of sulfonamides is 1. The summed E-state index contributed by atoms with van der Waals surface area (Å²) in [6.07, 6.45) is 4.46. The molecule has 154 valence electrons. The molecule has 0 bridgehead atoms. The summed E-state index contributed by atoms with van der Waals surface area (Å²) in [7, 11) is -0.392. The molecule has 1 aliphatic heterocycles. The number of hydrogen-bond acceptors (Lipinski definition) is 3. The zero-order valence-corrected chi connectivity index (χ0v) is 17.9. The number of carbonyl (C=O) groups excluding carboxylic acids is 1. The Kier molecular flexibility index (Phi) is 5.25. The molecule has 2 aromatic rings. The molecular formula is C23H28N2O3S. The van der Waals surface area contributed by atoms with Gasteiger partial charge in [0.1, 0.15) is 0 Å². The van der Waals surface area contributed by atoms with Crippen molar-refractivity contribution in [3.63, 3.8) is 0 Å². The van der Waals surface area contributed by atoms with Crippen LogP contribution in [0.5, 0.6) is 0 Å². The van der Waals surface area contributed by atoms with E-state index in [0.29, 0.717) is 24.4 Å². The summed E-state index contributed by atoms with van der Waals surface area (Å²) < 4.78 is 26.7. The molecule has 0 spiro atoms. The second kappa shape index (κ2) is 7.58. The summed E-state index contributed by atoms with van der Waals surface area (Å²) in [5.41, 5.74) is 2.46. The second-order valence-electron chi connectivity index (χ2n) is 8.31. The third-order valence-corrected chi connectivity index (χ3v) is 8.36. The van der Waals surface area contributed by atoms with E-state index in [9.17, 15) is 13.2 Å². The van der Waals surface area contributed by atoms with Gasteiger partial charge in [-0.3, -0.25) is 4.79 Å². The number of rotatable bonds is 4. The molecule has 5 nitrogen and oxygen atoms in total. The van der Waals surface area contributed by atoms with Gasteiger partial charge in [0.25, 0.3) is 0 Å². The predicted molar refractivity (Wildman–Crippen MR) is 113 cm³/mol. The molecule has 2 aromatic carbocycles. The molecular weight excluding hydrogens is 384 g/mol. The van der Waals surface area contributed by atoms with E-state index in [1.54, 1.807) is 26.2 Å². The zero-order chi connectivity index (χ0) is 20.6. The van der Waals surface area contributed by atoms with Crippen molar-refractivity contribution >= 4 is 15.9 Å². The van der Waals surface area contributed by atoms with Crippen molar-refractivity contribution in [2.45, 2.75) is 49.0 Å². The molecule has 0 radical (unpaired) electrons. The van der Waals surface area contributed by atoms with E-state index >= 15 is 0 Å². The van der Waals surface area contributed by atoms with Crippen LogP contribution in [0.15, 0.2) is 53.4 Å². The van der Waals surface area contributed by atoms with E-state index < -0.39 is 15.4 Å². The molecule has 1 aliphatic carbocycles. The molecule has 1 fully saturated rings. The van der Waals surface area contributed by atoms with Crippen LogP contribution in [0.3, 0.4) is 0 Å². The van der Waals surface area contributed by atoms with Gasteiger partial charge in [-0.15, -0.1) is 0 Å². The minimum absolute atomic E-state index is 0.188. The van der Waals surface area contributed by atoms with E-state index in [4.69, 9.17) is 0 Å². The van der Waals surface area contributed by atoms with Gasteiger partial charge in [-0.1, -0.05) is 55.3 Å². The summed E-state index contributed by atoms with van der Waals surface area (Å²) in [5.74, 6) is 0.188. The largest absolute Gasteiger partial charge is 0.337 e. The van der Waals surface area contributed by atoms with Crippen molar-refractivity contribution in [3.8, 4) is 0 Å². The first-order chi connectivity index (χ1) is 13.9. The van der Waals surface area contributed by atoms with Gasteiger partial charge < -0.3 is 4.90 Å². The fourth-order valence-corrected chi connectivity index (χ4v) is 6.04.